The van der Waals surface area contributed by atoms with Gasteiger partial charge in [-0.05, 0) is 26.8 Å². The SMILES string of the molecule is CC(c1ccccc1F)N(C)S(=O)(=O)C(C)C. The predicted octanol–water partition coefficient (Wildman–Crippen LogP) is 2.56. The lowest BCUT2D eigenvalue weighted by Gasteiger charge is -2.26. The van der Waals surface area contributed by atoms with Crippen LogP contribution in [0.5, 0.6) is 0 Å². The monoisotopic (exact) mass is 259 g/mol. The van der Waals surface area contributed by atoms with Crippen molar-refractivity contribution in [3.05, 3.63) is 35.6 Å². The highest BCUT2D eigenvalue weighted by Crippen LogP contribution is 2.25. The molecule has 1 unspecified atom stereocenters. The van der Waals surface area contributed by atoms with Gasteiger partial charge >= 0.3 is 0 Å². The Morgan fingerprint density at radius 1 is 1.18 bits per heavy atom. The first kappa shape index (κ1) is 14.1. The molecule has 1 atom stereocenters. The third kappa shape index (κ3) is 2.84. The van der Waals surface area contributed by atoms with Gasteiger partial charge in [-0.3, -0.25) is 0 Å². The summed E-state index contributed by atoms with van der Waals surface area (Å²) in [5, 5.41) is -0.512. The summed E-state index contributed by atoms with van der Waals surface area (Å²) in [5.74, 6) is -0.384. The van der Waals surface area contributed by atoms with Gasteiger partial charge in [0.2, 0.25) is 10.0 Å². The Morgan fingerprint density at radius 2 is 1.71 bits per heavy atom. The van der Waals surface area contributed by atoms with E-state index in [2.05, 4.69) is 0 Å². The second kappa shape index (κ2) is 5.14. The summed E-state index contributed by atoms with van der Waals surface area (Å²) in [6.45, 7) is 4.90. The molecular formula is C12H18FNO2S. The van der Waals surface area contributed by atoms with E-state index in [-0.39, 0.29) is 5.82 Å². The number of sulfonamides is 1. The standard InChI is InChI=1S/C12H18FNO2S/c1-9(2)17(15,16)14(4)10(3)11-7-5-6-8-12(11)13/h5-10H,1-4H3. The third-order valence-corrected chi connectivity index (χ3v) is 5.21. The quantitative estimate of drug-likeness (QED) is 0.833. The van der Waals surface area contributed by atoms with Gasteiger partial charge in [0.25, 0.3) is 0 Å². The van der Waals surface area contributed by atoms with Crippen LogP contribution in [0, 0.1) is 5.82 Å². The van der Waals surface area contributed by atoms with Crippen molar-refractivity contribution in [3.63, 3.8) is 0 Å². The summed E-state index contributed by atoms with van der Waals surface area (Å²) in [4.78, 5) is 0. The fourth-order valence-electron chi connectivity index (χ4n) is 1.56. The van der Waals surface area contributed by atoms with E-state index in [9.17, 15) is 12.8 Å². The molecular weight excluding hydrogens is 241 g/mol. The molecule has 0 saturated carbocycles. The molecule has 17 heavy (non-hydrogen) atoms. The van der Waals surface area contributed by atoms with Crippen molar-refractivity contribution in [1.82, 2.24) is 4.31 Å². The molecule has 0 spiro atoms. The van der Waals surface area contributed by atoms with Gasteiger partial charge < -0.3 is 0 Å². The maximum absolute atomic E-state index is 13.6. The Balaban J connectivity index is 3.07. The molecule has 0 radical (unpaired) electrons. The van der Waals surface area contributed by atoms with Gasteiger partial charge in [0.05, 0.1) is 5.25 Å². The van der Waals surface area contributed by atoms with Crippen LogP contribution in [-0.2, 0) is 10.0 Å². The van der Waals surface area contributed by atoms with Gasteiger partial charge in [0, 0.05) is 18.7 Å². The number of rotatable bonds is 4. The Bertz CT molecular complexity index is 485. The highest BCUT2D eigenvalue weighted by atomic mass is 32.2. The summed E-state index contributed by atoms with van der Waals surface area (Å²) in [6.07, 6.45) is 0. The highest BCUT2D eigenvalue weighted by molar-refractivity contribution is 7.89. The van der Waals surface area contributed by atoms with E-state index in [1.165, 1.54) is 17.4 Å². The van der Waals surface area contributed by atoms with E-state index in [1.54, 1.807) is 39.0 Å². The van der Waals surface area contributed by atoms with Crippen molar-refractivity contribution in [3.8, 4) is 0 Å². The first-order valence-electron chi connectivity index (χ1n) is 5.49. The Morgan fingerprint density at radius 3 is 2.18 bits per heavy atom. The van der Waals surface area contributed by atoms with Crippen LogP contribution in [0.1, 0.15) is 32.4 Å². The van der Waals surface area contributed by atoms with Crippen LogP contribution >= 0.6 is 0 Å². The molecule has 0 fully saturated rings. The minimum atomic E-state index is -3.37. The zero-order valence-electron chi connectivity index (χ0n) is 10.5. The second-order valence-corrected chi connectivity index (χ2v) is 6.86. The molecule has 1 aromatic carbocycles. The Labute approximate surface area is 102 Å². The summed E-state index contributed by atoms with van der Waals surface area (Å²) < 4.78 is 38.7. The van der Waals surface area contributed by atoms with Crippen LogP contribution < -0.4 is 0 Å². The maximum atomic E-state index is 13.6. The summed E-state index contributed by atoms with van der Waals surface area (Å²) in [6, 6.07) is 5.71. The number of nitrogens with zero attached hydrogens (tertiary/aromatic N) is 1. The van der Waals surface area contributed by atoms with E-state index in [0.717, 1.165) is 0 Å². The zero-order valence-corrected chi connectivity index (χ0v) is 11.3. The molecule has 0 aliphatic carbocycles. The number of halogens is 1. The maximum Gasteiger partial charge on any atom is 0.216 e. The number of hydrogen-bond acceptors (Lipinski definition) is 2. The molecule has 0 heterocycles. The first-order valence-corrected chi connectivity index (χ1v) is 7.00. The van der Waals surface area contributed by atoms with Crippen molar-refractivity contribution >= 4 is 10.0 Å². The Hall–Kier alpha value is -0.940. The van der Waals surface area contributed by atoms with Gasteiger partial charge in [0.1, 0.15) is 5.82 Å². The second-order valence-electron chi connectivity index (χ2n) is 4.31. The lowest BCUT2D eigenvalue weighted by atomic mass is 10.1. The molecule has 3 nitrogen and oxygen atoms in total. The molecule has 1 rings (SSSR count). The molecule has 5 heteroatoms. The summed E-state index contributed by atoms with van der Waals surface area (Å²) in [7, 11) is -1.90. The summed E-state index contributed by atoms with van der Waals surface area (Å²) in [5.41, 5.74) is 0.388. The topological polar surface area (TPSA) is 37.4 Å². The minimum Gasteiger partial charge on any atom is -0.212 e. The number of hydrogen-bond donors (Lipinski definition) is 0. The molecule has 0 aromatic heterocycles. The van der Waals surface area contributed by atoms with E-state index < -0.39 is 21.3 Å². The van der Waals surface area contributed by atoms with Crippen molar-refractivity contribution in [2.75, 3.05) is 7.05 Å². The lowest BCUT2D eigenvalue weighted by Crippen LogP contribution is -2.35. The lowest BCUT2D eigenvalue weighted by molar-refractivity contribution is 0.383. The molecule has 0 saturated heterocycles. The van der Waals surface area contributed by atoms with Crippen LogP contribution in [0.4, 0.5) is 4.39 Å². The van der Waals surface area contributed by atoms with Gasteiger partial charge in [-0.15, -0.1) is 0 Å². The normalized spacial score (nSPS) is 14.3. The van der Waals surface area contributed by atoms with E-state index in [0.29, 0.717) is 5.56 Å². The minimum absolute atomic E-state index is 0.384. The van der Waals surface area contributed by atoms with Gasteiger partial charge in [-0.1, -0.05) is 18.2 Å². The van der Waals surface area contributed by atoms with E-state index in [1.807, 2.05) is 0 Å². The fourth-order valence-corrected chi connectivity index (χ4v) is 2.78. The molecule has 96 valence electrons. The average Bonchev–Trinajstić information content (AvgIpc) is 2.27. The average molecular weight is 259 g/mol. The fraction of sp³-hybridized carbons (Fsp3) is 0.500. The predicted molar refractivity (Wildman–Crippen MR) is 66.6 cm³/mol. The third-order valence-electron chi connectivity index (χ3n) is 2.90. The molecule has 0 aliphatic rings. The molecule has 1 aromatic rings. The van der Waals surface area contributed by atoms with E-state index in [4.69, 9.17) is 0 Å². The number of benzene rings is 1. The summed E-state index contributed by atoms with van der Waals surface area (Å²) >= 11 is 0. The highest BCUT2D eigenvalue weighted by Gasteiger charge is 2.28. The van der Waals surface area contributed by atoms with Crippen LogP contribution in [0.15, 0.2) is 24.3 Å². The van der Waals surface area contributed by atoms with Crippen molar-refractivity contribution in [1.29, 1.82) is 0 Å². The molecule has 0 amide bonds. The van der Waals surface area contributed by atoms with Gasteiger partial charge in [-0.25, -0.2) is 12.8 Å². The van der Waals surface area contributed by atoms with Crippen molar-refractivity contribution in [2.24, 2.45) is 0 Å². The molecule has 0 aliphatic heterocycles. The van der Waals surface area contributed by atoms with Crippen LogP contribution in [0.2, 0.25) is 0 Å². The van der Waals surface area contributed by atoms with E-state index >= 15 is 0 Å². The molecule has 0 bridgehead atoms. The van der Waals surface area contributed by atoms with Gasteiger partial charge in [-0.2, -0.15) is 4.31 Å². The van der Waals surface area contributed by atoms with Crippen molar-refractivity contribution < 1.29 is 12.8 Å². The zero-order chi connectivity index (χ0) is 13.2. The smallest absolute Gasteiger partial charge is 0.212 e. The largest absolute Gasteiger partial charge is 0.216 e. The Kier molecular flexibility index (Phi) is 4.27. The van der Waals surface area contributed by atoms with Crippen LogP contribution in [0.25, 0.3) is 0 Å². The molecule has 0 N–H and O–H groups in total. The van der Waals surface area contributed by atoms with Gasteiger partial charge in [0.15, 0.2) is 0 Å². The van der Waals surface area contributed by atoms with Crippen LogP contribution in [0.3, 0.4) is 0 Å². The van der Waals surface area contributed by atoms with Crippen LogP contribution in [-0.4, -0.2) is 25.0 Å². The van der Waals surface area contributed by atoms with Crippen molar-refractivity contribution in [2.45, 2.75) is 32.1 Å². The first-order chi connectivity index (χ1) is 7.78.